The normalized spacial score (nSPS) is 21.3. The van der Waals surface area contributed by atoms with Crippen molar-refractivity contribution in [2.45, 2.75) is 44.8 Å². The third kappa shape index (κ3) is 7.89. The van der Waals surface area contributed by atoms with Gasteiger partial charge in [0.2, 0.25) is 11.8 Å². The lowest BCUT2D eigenvalue weighted by Gasteiger charge is -2.31. The van der Waals surface area contributed by atoms with E-state index >= 15 is 0 Å². The Morgan fingerprint density at radius 3 is 2.89 bits per heavy atom. The lowest BCUT2D eigenvalue weighted by Crippen LogP contribution is -2.49. The van der Waals surface area contributed by atoms with Crippen LogP contribution in [0.3, 0.4) is 0 Å². The Morgan fingerprint density at radius 1 is 1.26 bits per heavy atom. The zero-order valence-corrected chi connectivity index (χ0v) is 21.7. The molecule has 1 aliphatic heterocycles. The number of alkyl halides is 1. The number of halogens is 1. The van der Waals surface area contributed by atoms with Crippen LogP contribution >= 0.6 is 0 Å². The van der Waals surface area contributed by atoms with Crippen LogP contribution < -0.4 is 5.32 Å². The number of hydrogen-bond acceptors (Lipinski definition) is 3. The maximum atomic E-state index is 13.9. The van der Waals surface area contributed by atoms with Crippen LogP contribution in [0, 0.1) is 0 Å². The molecule has 1 heterocycles. The molecule has 6 nitrogen and oxygen atoms in total. The summed E-state index contributed by atoms with van der Waals surface area (Å²) in [7, 11) is 0. The molecule has 0 aromatic rings. The Hall–Kier alpha value is -4.22. The van der Waals surface area contributed by atoms with Gasteiger partial charge >= 0.3 is 0 Å². The Bertz CT molecular complexity index is 1210. The number of hydrogen-bond donors (Lipinski definition) is 1. The number of carbonyl (C=O) groups excluding carboxylic acids is 3. The van der Waals surface area contributed by atoms with Gasteiger partial charge in [-0.1, -0.05) is 55.2 Å². The predicted molar refractivity (Wildman–Crippen MR) is 148 cm³/mol. The number of nitrogens with zero attached hydrogens (tertiary/aromatic N) is 2. The minimum Gasteiger partial charge on any atom is -0.343 e. The van der Waals surface area contributed by atoms with Crippen molar-refractivity contribution < 1.29 is 18.8 Å². The topological polar surface area (TPSA) is 69.7 Å². The van der Waals surface area contributed by atoms with E-state index in [2.05, 4.69) is 17.6 Å². The average molecular weight is 516 g/mol. The van der Waals surface area contributed by atoms with Gasteiger partial charge in [-0.2, -0.15) is 0 Å². The van der Waals surface area contributed by atoms with Gasteiger partial charge in [-0.05, 0) is 62.5 Å². The molecule has 7 heteroatoms. The molecule has 2 atom stereocenters. The minimum absolute atomic E-state index is 0.227. The molecule has 3 amide bonds. The highest BCUT2D eigenvalue weighted by Crippen LogP contribution is 2.26. The molecule has 0 radical (unpaired) electrons. The van der Waals surface area contributed by atoms with Crippen molar-refractivity contribution in [3.05, 3.63) is 114 Å². The Labute approximate surface area is 223 Å². The molecular weight excluding hydrogens is 481 g/mol. The smallest absolute Gasteiger partial charge is 0.254 e. The zero-order valence-electron chi connectivity index (χ0n) is 21.7. The number of carbonyl (C=O) groups is 3. The van der Waals surface area contributed by atoms with Crippen molar-refractivity contribution in [1.82, 2.24) is 15.1 Å². The first kappa shape index (κ1) is 28.4. The van der Waals surface area contributed by atoms with Crippen molar-refractivity contribution in [3.8, 4) is 0 Å². The molecule has 0 saturated carbocycles. The first-order valence-corrected chi connectivity index (χ1v) is 12.8. The van der Waals surface area contributed by atoms with E-state index in [9.17, 15) is 18.8 Å². The fourth-order valence-electron chi connectivity index (χ4n) is 4.33. The third-order valence-electron chi connectivity index (χ3n) is 6.25. The molecule has 1 fully saturated rings. The molecule has 0 aromatic carbocycles. The van der Waals surface area contributed by atoms with Crippen LogP contribution in [0.1, 0.15) is 32.6 Å². The molecule has 1 unspecified atom stereocenters. The summed E-state index contributed by atoms with van der Waals surface area (Å²) in [5, 5.41) is 2.60. The van der Waals surface area contributed by atoms with E-state index in [0.29, 0.717) is 43.6 Å². The number of nitrogens with one attached hydrogen (secondary N) is 1. The van der Waals surface area contributed by atoms with Crippen molar-refractivity contribution in [2.24, 2.45) is 0 Å². The quantitative estimate of drug-likeness (QED) is 0.270. The summed E-state index contributed by atoms with van der Waals surface area (Å²) in [5.41, 5.74) is 5.05. The van der Waals surface area contributed by atoms with Gasteiger partial charge in [0.05, 0.1) is 12.2 Å². The van der Waals surface area contributed by atoms with Gasteiger partial charge in [0, 0.05) is 24.4 Å². The first-order chi connectivity index (χ1) is 18.4. The minimum atomic E-state index is -0.916. The number of rotatable bonds is 9. The molecule has 0 aromatic heterocycles. The first-order valence-electron chi connectivity index (χ1n) is 12.8. The standard InChI is InChI=1S/C31H34FN3O3/c1-3-5-14-26(4-2)35(27-15-8-6-7-9-16-27)31(38)28-17-11-22-34(28)30(37)23-33-29(36)21-19-24-12-10-13-25(32)20-18-24/h3-8,10,12,14-16,18-19,21,25,28H,1,11,13,17,20,22-23H2,2H3,(H,33,36)/b14-5-,21-19?,26-4+/t25?,28-/m0/s1. The Kier molecular flexibility index (Phi) is 10.8. The van der Waals surface area contributed by atoms with E-state index in [1.807, 2.05) is 31.2 Å². The van der Waals surface area contributed by atoms with Gasteiger partial charge in [0.1, 0.15) is 12.2 Å². The van der Waals surface area contributed by atoms with Gasteiger partial charge in [-0.25, -0.2) is 4.39 Å². The van der Waals surface area contributed by atoms with E-state index < -0.39 is 18.1 Å². The highest BCUT2D eigenvalue weighted by molar-refractivity contribution is 5.94. The largest absolute Gasteiger partial charge is 0.343 e. The summed E-state index contributed by atoms with van der Waals surface area (Å²) in [6.45, 7) is 5.75. The third-order valence-corrected chi connectivity index (χ3v) is 6.25. The zero-order chi connectivity index (χ0) is 27.3. The second-order valence-electron chi connectivity index (χ2n) is 8.91. The van der Waals surface area contributed by atoms with E-state index in [0.717, 1.165) is 5.57 Å². The molecule has 3 aliphatic rings. The Morgan fingerprint density at radius 2 is 2.11 bits per heavy atom. The highest BCUT2D eigenvalue weighted by atomic mass is 19.1. The fourth-order valence-corrected chi connectivity index (χ4v) is 4.33. The lowest BCUT2D eigenvalue weighted by atomic mass is 10.1. The monoisotopic (exact) mass is 515 g/mol. The van der Waals surface area contributed by atoms with Crippen LogP contribution in [0.25, 0.3) is 0 Å². The second kappa shape index (κ2) is 14.5. The molecule has 38 heavy (non-hydrogen) atoms. The molecule has 198 valence electrons. The van der Waals surface area contributed by atoms with Gasteiger partial charge in [0.25, 0.3) is 5.91 Å². The summed E-state index contributed by atoms with van der Waals surface area (Å²) < 4.78 is 13.5. The summed E-state index contributed by atoms with van der Waals surface area (Å²) in [6, 6.07) is -0.664. The van der Waals surface area contributed by atoms with Crippen molar-refractivity contribution in [3.63, 3.8) is 0 Å². The predicted octanol–water partition coefficient (Wildman–Crippen LogP) is 4.90. The van der Waals surface area contributed by atoms with E-state index in [1.54, 1.807) is 59.6 Å². The number of amides is 3. The average Bonchev–Trinajstić information content (AvgIpc) is 3.12. The molecule has 0 spiro atoms. The van der Waals surface area contributed by atoms with E-state index in [4.69, 9.17) is 0 Å². The van der Waals surface area contributed by atoms with Crippen LogP contribution in [0.15, 0.2) is 114 Å². The van der Waals surface area contributed by atoms with Crippen molar-refractivity contribution in [1.29, 1.82) is 0 Å². The second-order valence-corrected chi connectivity index (χ2v) is 8.91. The van der Waals surface area contributed by atoms with Crippen molar-refractivity contribution >= 4 is 17.7 Å². The van der Waals surface area contributed by atoms with Gasteiger partial charge < -0.3 is 10.2 Å². The van der Waals surface area contributed by atoms with Crippen LogP contribution in [0.4, 0.5) is 4.39 Å². The highest BCUT2D eigenvalue weighted by Gasteiger charge is 2.37. The SMILES string of the molecule is C=C/C=C\C(=C/C)N(C(=O)[C@@H]1CCCN1C(=O)CNC(=O)C=CC1=CCC(F)CC=C1)C1=CC=CC=C=C1. The van der Waals surface area contributed by atoms with Crippen LogP contribution in [-0.4, -0.2) is 52.8 Å². The Balaban J connectivity index is 1.70. The molecule has 1 saturated heterocycles. The lowest BCUT2D eigenvalue weighted by molar-refractivity contribution is -0.141. The van der Waals surface area contributed by atoms with E-state index in [1.165, 1.54) is 11.0 Å². The fraction of sp³-hybridized carbons (Fsp3) is 0.290. The summed E-state index contributed by atoms with van der Waals surface area (Å²) in [4.78, 5) is 42.4. The molecular formula is C31H34FN3O3. The summed E-state index contributed by atoms with van der Waals surface area (Å²) in [6.07, 6.45) is 25.1. The molecule has 3 rings (SSSR count). The van der Waals surface area contributed by atoms with Crippen LogP contribution in [0.2, 0.25) is 0 Å². The maximum absolute atomic E-state index is 13.9. The molecule has 2 aliphatic carbocycles. The van der Waals surface area contributed by atoms with Gasteiger partial charge in [-0.15, -0.1) is 5.73 Å². The van der Waals surface area contributed by atoms with Gasteiger partial charge in [0.15, 0.2) is 0 Å². The number of likely N-dealkylation sites (tertiary alicyclic amines) is 1. The van der Waals surface area contributed by atoms with Crippen LogP contribution in [0.5, 0.6) is 0 Å². The molecule has 1 N–H and O–H groups in total. The van der Waals surface area contributed by atoms with Crippen molar-refractivity contribution in [2.75, 3.05) is 13.1 Å². The maximum Gasteiger partial charge on any atom is 0.254 e. The van der Waals surface area contributed by atoms with Crippen LogP contribution in [-0.2, 0) is 14.4 Å². The summed E-state index contributed by atoms with van der Waals surface area (Å²) >= 11 is 0. The number of allylic oxidation sites excluding steroid dienone is 13. The summed E-state index contributed by atoms with van der Waals surface area (Å²) in [5.74, 6) is -0.998. The van der Waals surface area contributed by atoms with Gasteiger partial charge in [-0.3, -0.25) is 19.3 Å². The van der Waals surface area contributed by atoms with E-state index in [-0.39, 0.29) is 18.4 Å². The molecule has 0 bridgehead atoms.